The molecule has 1 fully saturated rings. The summed E-state index contributed by atoms with van der Waals surface area (Å²) < 4.78 is 0. The van der Waals surface area contributed by atoms with Crippen LogP contribution >= 0.6 is 11.6 Å². The number of nitrogens with two attached hydrogens (primary N) is 3. The first kappa shape index (κ1) is 17.4. The number of anilines is 3. The molecule has 2 aromatic rings. The van der Waals surface area contributed by atoms with Gasteiger partial charge in [-0.1, -0.05) is 23.7 Å². The maximum atomic E-state index is 8.36. The zero-order chi connectivity index (χ0) is 18.2. The molecule has 3 rings (SSSR count). The number of hydrogen-bond donors (Lipinski definition) is 4. The smallest absolute Gasteiger partial charge is 0.154 e. The van der Waals surface area contributed by atoms with Gasteiger partial charge in [-0.3, -0.25) is 5.41 Å². The largest absolute Gasteiger partial charge is 0.398 e. The lowest BCUT2D eigenvalue weighted by atomic mass is 9.91. The molecule has 0 atom stereocenters. The predicted octanol–water partition coefficient (Wildman–Crippen LogP) is 2.03. The van der Waals surface area contributed by atoms with Crippen LogP contribution in [-0.4, -0.2) is 34.3 Å². The average molecular weight is 360 g/mol. The molecule has 0 unspecified atom stereocenters. The zero-order valence-electron chi connectivity index (χ0n) is 14.1. The summed E-state index contributed by atoms with van der Waals surface area (Å²) in [6, 6.07) is 5.13. The molecular weight excluding hydrogens is 338 g/mol. The standard InChI is InChI=1S/C17H22ClN7/c1-17(22)5-7-25(8-6-17)12-9-23-15(16(21)24-12)14(20)10-3-2-4-11(19)13(10)18/h2-4,9,20H,5-8,19,22H2,1H3,(H2,21,24). The van der Waals surface area contributed by atoms with E-state index in [-0.39, 0.29) is 22.8 Å². The SMILES string of the molecule is CC1(N)CCN(c2cnc(C(=N)c3cccc(N)c3Cl)c(N)n2)CC1. The maximum absolute atomic E-state index is 8.36. The molecule has 1 aliphatic rings. The Hall–Kier alpha value is -2.38. The Morgan fingerprint density at radius 2 is 1.96 bits per heavy atom. The molecule has 0 aliphatic carbocycles. The summed E-state index contributed by atoms with van der Waals surface area (Å²) in [5, 5.41) is 8.68. The summed E-state index contributed by atoms with van der Waals surface area (Å²) in [7, 11) is 0. The maximum Gasteiger partial charge on any atom is 0.154 e. The second-order valence-corrected chi connectivity index (χ2v) is 7.06. The van der Waals surface area contributed by atoms with E-state index >= 15 is 0 Å². The van der Waals surface area contributed by atoms with Gasteiger partial charge in [-0.15, -0.1) is 0 Å². The van der Waals surface area contributed by atoms with E-state index in [4.69, 9.17) is 34.2 Å². The van der Waals surface area contributed by atoms with Gasteiger partial charge in [-0.2, -0.15) is 0 Å². The third kappa shape index (κ3) is 3.52. The Morgan fingerprint density at radius 1 is 1.28 bits per heavy atom. The third-order valence-corrected chi connectivity index (χ3v) is 4.97. The van der Waals surface area contributed by atoms with Crippen LogP contribution in [0, 0.1) is 5.41 Å². The molecule has 1 aliphatic heterocycles. The van der Waals surface area contributed by atoms with Crippen LogP contribution < -0.4 is 22.1 Å². The van der Waals surface area contributed by atoms with Gasteiger partial charge in [0.2, 0.25) is 0 Å². The van der Waals surface area contributed by atoms with Crippen molar-refractivity contribution in [3.8, 4) is 0 Å². The highest BCUT2D eigenvalue weighted by Gasteiger charge is 2.27. The monoisotopic (exact) mass is 359 g/mol. The molecule has 8 heteroatoms. The van der Waals surface area contributed by atoms with Crippen molar-refractivity contribution in [1.29, 1.82) is 5.41 Å². The van der Waals surface area contributed by atoms with Crippen LogP contribution in [-0.2, 0) is 0 Å². The average Bonchev–Trinajstić information content (AvgIpc) is 2.57. The van der Waals surface area contributed by atoms with E-state index in [1.807, 2.05) is 0 Å². The molecular formula is C17H22ClN7. The molecule has 0 spiro atoms. The highest BCUT2D eigenvalue weighted by molar-refractivity contribution is 6.37. The van der Waals surface area contributed by atoms with Crippen LogP contribution in [0.25, 0.3) is 0 Å². The Kier molecular flexibility index (Phi) is 4.53. The molecule has 7 nitrogen and oxygen atoms in total. The Labute approximate surface area is 151 Å². The molecule has 1 aromatic carbocycles. The summed E-state index contributed by atoms with van der Waals surface area (Å²) in [6.45, 7) is 3.67. The minimum Gasteiger partial charge on any atom is -0.398 e. The van der Waals surface area contributed by atoms with Crippen molar-refractivity contribution in [2.75, 3.05) is 29.5 Å². The van der Waals surface area contributed by atoms with Crippen molar-refractivity contribution < 1.29 is 0 Å². The first-order valence-electron chi connectivity index (χ1n) is 8.08. The van der Waals surface area contributed by atoms with Gasteiger partial charge in [-0.25, -0.2) is 9.97 Å². The topological polar surface area (TPSA) is 131 Å². The fraction of sp³-hybridized carbons (Fsp3) is 0.353. The Bertz CT molecular complexity index is 809. The van der Waals surface area contributed by atoms with Crippen LogP contribution in [0.1, 0.15) is 31.0 Å². The number of rotatable bonds is 3. The zero-order valence-corrected chi connectivity index (χ0v) is 14.8. The lowest BCUT2D eigenvalue weighted by Crippen LogP contribution is -2.48. The van der Waals surface area contributed by atoms with Crippen LogP contribution in [0.4, 0.5) is 17.3 Å². The van der Waals surface area contributed by atoms with Gasteiger partial charge in [0.25, 0.3) is 0 Å². The van der Waals surface area contributed by atoms with Crippen molar-refractivity contribution in [2.24, 2.45) is 5.73 Å². The lowest BCUT2D eigenvalue weighted by Gasteiger charge is -2.37. The van der Waals surface area contributed by atoms with Gasteiger partial charge in [0.15, 0.2) is 5.82 Å². The van der Waals surface area contributed by atoms with E-state index in [1.165, 1.54) is 0 Å². The highest BCUT2D eigenvalue weighted by Crippen LogP contribution is 2.27. The fourth-order valence-corrected chi connectivity index (χ4v) is 3.08. The van der Waals surface area contributed by atoms with E-state index in [0.717, 1.165) is 25.9 Å². The van der Waals surface area contributed by atoms with Gasteiger partial charge in [-0.05, 0) is 25.8 Å². The summed E-state index contributed by atoms with van der Waals surface area (Å²) in [6.07, 6.45) is 3.40. The molecule has 1 saturated heterocycles. The van der Waals surface area contributed by atoms with Crippen molar-refractivity contribution >= 4 is 34.6 Å². The molecule has 0 saturated carbocycles. The number of piperidine rings is 1. The predicted molar refractivity (Wildman–Crippen MR) is 102 cm³/mol. The summed E-state index contributed by atoms with van der Waals surface area (Å²) in [5.74, 6) is 0.894. The van der Waals surface area contributed by atoms with Crippen molar-refractivity contribution in [3.05, 3.63) is 40.7 Å². The molecule has 0 amide bonds. The molecule has 0 radical (unpaired) electrons. The third-order valence-electron chi connectivity index (χ3n) is 4.55. The number of nitrogens with zero attached hydrogens (tertiary/aromatic N) is 3. The van der Waals surface area contributed by atoms with Crippen LogP contribution in [0.3, 0.4) is 0 Å². The van der Waals surface area contributed by atoms with E-state index in [9.17, 15) is 0 Å². The lowest BCUT2D eigenvalue weighted by molar-refractivity contribution is 0.363. The molecule has 7 N–H and O–H groups in total. The minimum atomic E-state index is -0.137. The number of halogens is 1. The second kappa shape index (κ2) is 6.50. The molecule has 132 valence electrons. The second-order valence-electron chi connectivity index (χ2n) is 6.69. The molecule has 2 heterocycles. The normalized spacial score (nSPS) is 16.7. The minimum absolute atomic E-state index is 0.0991. The van der Waals surface area contributed by atoms with Crippen molar-refractivity contribution in [1.82, 2.24) is 9.97 Å². The summed E-state index contributed by atoms with van der Waals surface area (Å²) in [4.78, 5) is 10.9. The quantitative estimate of drug-likeness (QED) is 0.489. The van der Waals surface area contributed by atoms with Crippen LogP contribution in [0.15, 0.2) is 24.4 Å². The van der Waals surface area contributed by atoms with Crippen molar-refractivity contribution in [2.45, 2.75) is 25.3 Å². The highest BCUT2D eigenvalue weighted by atomic mass is 35.5. The Balaban J connectivity index is 1.85. The molecule has 0 bridgehead atoms. The van der Waals surface area contributed by atoms with Crippen LogP contribution in [0.5, 0.6) is 0 Å². The number of benzene rings is 1. The van der Waals surface area contributed by atoms with Crippen molar-refractivity contribution in [3.63, 3.8) is 0 Å². The van der Waals surface area contributed by atoms with Crippen LogP contribution in [0.2, 0.25) is 5.02 Å². The van der Waals surface area contributed by atoms with Gasteiger partial charge < -0.3 is 22.1 Å². The summed E-state index contributed by atoms with van der Waals surface area (Å²) >= 11 is 6.20. The van der Waals surface area contributed by atoms with E-state index in [1.54, 1.807) is 24.4 Å². The number of aromatic nitrogens is 2. The Morgan fingerprint density at radius 3 is 2.60 bits per heavy atom. The first-order valence-corrected chi connectivity index (χ1v) is 8.46. The number of hydrogen-bond acceptors (Lipinski definition) is 7. The van der Waals surface area contributed by atoms with Gasteiger partial charge in [0.1, 0.15) is 11.5 Å². The van der Waals surface area contributed by atoms with E-state index in [0.29, 0.717) is 22.1 Å². The number of nitrogen functional groups attached to an aromatic ring is 2. The molecule has 1 aromatic heterocycles. The van der Waals surface area contributed by atoms with Gasteiger partial charge in [0.05, 0.1) is 22.6 Å². The van der Waals surface area contributed by atoms with Gasteiger partial charge >= 0.3 is 0 Å². The molecule has 25 heavy (non-hydrogen) atoms. The summed E-state index contributed by atoms with van der Waals surface area (Å²) in [5.41, 5.74) is 19.2. The van der Waals surface area contributed by atoms with E-state index < -0.39 is 0 Å². The first-order chi connectivity index (χ1) is 11.8. The fourth-order valence-electron chi connectivity index (χ4n) is 2.86. The number of nitrogens with one attached hydrogen (secondary N) is 1. The van der Waals surface area contributed by atoms with E-state index in [2.05, 4.69) is 21.8 Å². The van der Waals surface area contributed by atoms with Gasteiger partial charge in [0, 0.05) is 24.2 Å².